The third-order valence-corrected chi connectivity index (χ3v) is 1.55. The smallest absolute Gasteiger partial charge is 1.00 e. The number of fused-ring (bicyclic) bond motifs is 1. The molecule has 1 aliphatic heterocycles. The zero-order valence-corrected chi connectivity index (χ0v) is 11.0. The monoisotopic (exact) mass is 237 g/mol. The van der Waals surface area contributed by atoms with Gasteiger partial charge in [-0.25, -0.2) is 0 Å². The Hall–Kier alpha value is 0.328. The van der Waals surface area contributed by atoms with Crippen molar-refractivity contribution in [1.82, 2.24) is 0 Å². The minimum absolute atomic E-state index is 0. The predicted octanol–water partition coefficient (Wildman–Crippen LogP) is 1.55. The van der Waals surface area contributed by atoms with Crippen LogP contribution in [0.15, 0.2) is 30.3 Å². The molecule has 0 amide bonds. The van der Waals surface area contributed by atoms with Crippen LogP contribution in [0.5, 0.6) is 5.75 Å². The summed E-state index contributed by atoms with van der Waals surface area (Å²) in [4.78, 5) is 0. The molecule has 0 saturated carbocycles. The van der Waals surface area contributed by atoms with E-state index in [-0.39, 0.29) is 55.4 Å². The van der Waals surface area contributed by atoms with Gasteiger partial charge in [-0.3, -0.25) is 0 Å². The second-order valence-electron chi connectivity index (χ2n) is 2.25. The summed E-state index contributed by atoms with van der Waals surface area (Å²) >= 11 is 0. The topological polar surface area (TPSA) is 9.23 Å². The quantitative estimate of drug-likeness (QED) is 0.622. The van der Waals surface area contributed by atoms with Gasteiger partial charge in [0, 0.05) is 35.1 Å². The van der Waals surface area contributed by atoms with E-state index in [4.69, 9.17) is 4.74 Å². The van der Waals surface area contributed by atoms with Gasteiger partial charge in [-0.05, 0) is 12.1 Å². The predicted molar refractivity (Wildman–Crippen MR) is 54.7 cm³/mol. The molecule has 63 valence electrons. The zero-order valence-electron chi connectivity index (χ0n) is 9.23. The van der Waals surface area contributed by atoms with Crippen molar-refractivity contribution < 1.29 is 26.1 Å². The maximum Gasteiger partial charge on any atom is 2.00 e. The van der Waals surface area contributed by atoms with Gasteiger partial charge in [0.15, 0.2) is 0 Å². The van der Waals surface area contributed by atoms with Gasteiger partial charge in [-0.1, -0.05) is 24.3 Å². The minimum Gasteiger partial charge on any atom is -1.00 e. The number of para-hydroxylation sites is 1. The normalized spacial score (nSPS) is 10.8. The molecular weight excluding hydrogens is 227 g/mol. The van der Waals surface area contributed by atoms with Crippen LogP contribution in [0.4, 0.5) is 0 Å². The van der Waals surface area contributed by atoms with Crippen LogP contribution in [0, 0.1) is 0 Å². The van der Waals surface area contributed by atoms with Crippen LogP contribution in [-0.2, 0) is 18.6 Å². The molecule has 1 aromatic rings. The number of hydrogen-bond acceptors (Lipinski definition) is 1. The Labute approximate surface area is 114 Å². The summed E-state index contributed by atoms with van der Waals surface area (Å²) in [7, 11) is 0. The molecular formula is C9H10MgOSiV. The van der Waals surface area contributed by atoms with Crippen molar-refractivity contribution in [2.24, 2.45) is 0 Å². The van der Waals surface area contributed by atoms with Gasteiger partial charge in [0.25, 0.3) is 0 Å². The molecule has 0 spiro atoms. The van der Waals surface area contributed by atoms with Crippen LogP contribution in [-0.4, -0.2) is 40.6 Å². The Morgan fingerprint density at radius 2 is 1.92 bits per heavy atom. The molecule has 1 aromatic carbocycles. The summed E-state index contributed by atoms with van der Waals surface area (Å²) in [6.45, 7) is 0.705. The standard InChI is InChI=1S/C9H8O.Mg.Si.V.2H/c1-2-6-9-8(4-1)5-3-7-10-9;;;;;/h1-6H,7H2;;;;;/q;+2;;;2*-1. The largest absolute Gasteiger partial charge is 2.00 e. The van der Waals surface area contributed by atoms with Crippen LogP contribution >= 0.6 is 0 Å². The number of hydrogen-bond donors (Lipinski definition) is 0. The maximum absolute atomic E-state index is 5.34. The Morgan fingerprint density at radius 1 is 1.23 bits per heavy atom. The van der Waals surface area contributed by atoms with E-state index < -0.39 is 0 Å². The second-order valence-corrected chi connectivity index (χ2v) is 2.25. The maximum atomic E-state index is 5.34. The van der Waals surface area contributed by atoms with Crippen molar-refractivity contribution >= 4 is 40.1 Å². The van der Waals surface area contributed by atoms with E-state index in [9.17, 15) is 0 Å². The first-order chi connectivity index (χ1) is 4.97. The fourth-order valence-electron chi connectivity index (χ4n) is 1.06. The van der Waals surface area contributed by atoms with E-state index in [1.165, 1.54) is 5.56 Å². The Kier molecular flexibility index (Phi) is 9.36. The van der Waals surface area contributed by atoms with Crippen molar-refractivity contribution in [2.75, 3.05) is 6.61 Å². The van der Waals surface area contributed by atoms with Gasteiger partial charge >= 0.3 is 23.1 Å². The number of rotatable bonds is 0. The summed E-state index contributed by atoms with van der Waals surface area (Å²) in [5.74, 6) is 0.991. The van der Waals surface area contributed by atoms with Crippen LogP contribution in [0.3, 0.4) is 0 Å². The molecule has 1 heterocycles. The second kappa shape index (κ2) is 7.71. The average molecular weight is 238 g/mol. The Balaban J connectivity index is -0.000000121. The van der Waals surface area contributed by atoms with Gasteiger partial charge in [-0.2, -0.15) is 0 Å². The van der Waals surface area contributed by atoms with Crippen LogP contribution in [0.1, 0.15) is 8.42 Å². The molecule has 0 bridgehead atoms. The van der Waals surface area contributed by atoms with Crippen molar-refractivity contribution in [3.63, 3.8) is 0 Å². The molecule has 4 heteroatoms. The van der Waals surface area contributed by atoms with Crippen molar-refractivity contribution in [1.29, 1.82) is 0 Å². The molecule has 1 nitrogen and oxygen atoms in total. The van der Waals surface area contributed by atoms with E-state index in [1.807, 2.05) is 30.3 Å². The third kappa shape index (κ3) is 3.91. The summed E-state index contributed by atoms with van der Waals surface area (Å²) in [5.41, 5.74) is 1.17. The molecule has 5 radical (unpaired) electrons. The van der Waals surface area contributed by atoms with E-state index in [0.29, 0.717) is 6.61 Å². The van der Waals surface area contributed by atoms with E-state index in [2.05, 4.69) is 6.08 Å². The van der Waals surface area contributed by atoms with E-state index in [1.54, 1.807) is 0 Å². The summed E-state index contributed by atoms with van der Waals surface area (Å²) in [6.07, 6.45) is 4.10. The molecule has 0 unspecified atom stereocenters. The zero-order chi connectivity index (χ0) is 6.81. The first-order valence-electron chi connectivity index (χ1n) is 3.35. The SMILES string of the molecule is C1=Cc2ccccc2OC1.[H-].[H-].[Mg+2].[Si].[V]. The van der Waals surface area contributed by atoms with Gasteiger partial charge in [0.05, 0.1) is 0 Å². The molecule has 0 aliphatic carbocycles. The van der Waals surface area contributed by atoms with Crippen molar-refractivity contribution in [2.45, 2.75) is 0 Å². The van der Waals surface area contributed by atoms with Crippen molar-refractivity contribution in [3.05, 3.63) is 35.9 Å². The Morgan fingerprint density at radius 3 is 2.62 bits per heavy atom. The average Bonchev–Trinajstić information content (AvgIpc) is 2.05. The number of ether oxygens (including phenoxy) is 1. The summed E-state index contributed by atoms with van der Waals surface area (Å²) in [5, 5.41) is 0. The molecule has 13 heavy (non-hydrogen) atoms. The minimum atomic E-state index is 0. The van der Waals surface area contributed by atoms with Crippen LogP contribution in [0.25, 0.3) is 6.08 Å². The first-order valence-corrected chi connectivity index (χ1v) is 3.35. The van der Waals surface area contributed by atoms with E-state index >= 15 is 0 Å². The molecule has 0 atom stereocenters. The van der Waals surface area contributed by atoms with Crippen LogP contribution < -0.4 is 4.74 Å². The number of benzene rings is 1. The fraction of sp³-hybridized carbons (Fsp3) is 0.111. The van der Waals surface area contributed by atoms with E-state index in [0.717, 1.165) is 5.75 Å². The molecule has 0 saturated heterocycles. The molecule has 2 rings (SSSR count). The van der Waals surface area contributed by atoms with Crippen LogP contribution in [0.2, 0.25) is 0 Å². The first kappa shape index (κ1) is 15.8. The summed E-state index contributed by atoms with van der Waals surface area (Å²) < 4.78 is 5.34. The summed E-state index contributed by atoms with van der Waals surface area (Å²) in [6, 6.07) is 8.03. The molecule has 0 N–H and O–H groups in total. The van der Waals surface area contributed by atoms with Gasteiger partial charge in [-0.15, -0.1) is 0 Å². The van der Waals surface area contributed by atoms with Gasteiger partial charge < -0.3 is 7.59 Å². The Bertz CT molecular complexity index is 287. The van der Waals surface area contributed by atoms with Gasteiger partial charge in [0.2, 0.25) is 0 Å². The van der Waals surface area contributed by atoms with Gasteiger partial charge in [0.1, 0.15) is 12.4 Å². The molecule has 1 aliphatic rings. The molecule has 0 fully saturated rings. The molecule has 0 aromatic heterocycles. The van der Waals surface area contributed by atoms with Crippen molar-refractivity contribution in [3.8, 4) is 5.75 Å². The fourth-order valence-corrected chi connectivity index (χ4v) is 1.06. The third-order valence-electron chi connectivity index (χ3n) is 1.55.